The van der Waals surface area contributed by atoms with Gasteiger partial charge in [0, 0.05) is 5.69 Å². The van der Waals surface area contributed by atoms with Crippen molar-refractivity contribution in [3.05, 3.63) is 29.8 Å². The molecule has 0 fully saturated rings. The van der Waals surface area contributed by atoms with E-state index in [2.05, 4.69) is 5.32 Å². The van der Waals surface area contributed by atoms with Crippen molar-refractivity contribution < 1.29 is 9.90 Å². The second-order valence-corrected chi connectivity index (χ2v) is 4.31. The summed E-state index contributed by atoms with van der Waals surface area (Å²) in [4.78, 5) is 11.7. The van der Waals surface area contributed by atoms with Crippen LogP contribution >= 0.6 is 0 Å². The molecule has 0 aliphatic carbocycles. The Labute approximate surface area is 95.5 Å². The normalized spacial score (nSPS) is 20.4. The molecule has 3 nitrogen and oxygen atoms in total. The largest absolute Gasteiger partial charge is 0.393 e. The predicted octanol–water partition coefficient (Wildman–Crippen LogP) is 2.27. The van der Waals surface area contributed by atoms with E-state index in [1.54, 1.807) is 0 Å². The Morgan fingerprint density at radius 3 is 2.94 bits per heavy atom. The van der Waals surface area contributed by atoms with E-state index in [1.165, 1.54) is 0 Å². The van der Waals surface area contributed by atoms with Gasteiger partial charge >= 0.3 is 0 Å². The maximum absolute atomic E-state index is 11.7. The number of fused-ring (bicyclic) bond motifs is 1. The van der Waals surface area contributed by atoms with Crippen LogP contribution < -0.4 is 5.32 Å². The van der Waals surface area contributed by atoms with Crippen molar-refractivity contribution in [1.82, 2.24) is 0 Å². The fourth-order valence-corrected chi connectivity index (χ4v) is 2.23. The van der Waals surface area contributed by atoms with Crippen LogP contribution in [0.1, 0.15) is 37.7 Å². The van der Waals surface area contributed by atoms with Crippen LogP contribution in [0.4, 0.5) is 5.69 Å². The molecule has 1 aromatic rings. The number of rotatable bonds is 4. The van der Waals surface area contributed by atoms with E-state index in [9.17, 15) is 9.90 Å². The van der Waals surface area contributed by atoms with E-state index in [4.69, 9.17) is 0 Å². The topological polar surface area (TPSA) is 49.3 Å². The van der Waals surface area contributed by atoms with Crippen molar-refractivity contribution in [2.45, 2.75) is 38.2 Å². The third kappa shape index (κ3) is 2.09. The summed E-state index contributed by atoms with van der Waals surface area (Å²) < 4.78 is 0. The quantitative estimate of drug-likeness (QED) is 0.816. The number of hydrogen-bond donors (Lipinski definition) is 2. The van der Waals surface area contributed by atoms with Gasteiger partial charge in [-0.1, -0.05) is 31.5 Å². The van der Waals surface area contributed by atoms with E-state index < -0.39 is 0 Å². The van der Waals surface area contributed by atoms with E-state index in [-0.39, 0.29) is 17.9 Å². The minimum Gasteiger partial charge on any atom is -0.393 e. The summed E-state index contributed by atoms with van der Waals surface area (Å²) in [6, 6.07) is 7.69. The summed E-state index contributed by atoms with van der Waals surface area (Å²) in [6.45, 7) is 2.03. The smallest absolute Gasteiger partial charge is 0.232 e. The average Bonchev–Trinajstić information content (AvgIpc) is 2.56. The fraction of sp³-hybridized carbons (Fsp3) is 0.462. The van der Waals surface area contributed by atoms with Crippen molar-refractivity contribution in [3.8, 4) is 0 Å². The first-order valence-electron chi connectivity index (χ1n) is 5.80. The summed E-state index contributed by atoms with van der Waals surface area (Å²) >= 11 is 0. The lowest BCUT2D eigenvalue weighted by atomic mass is 9.93. The van der Waals surface area contributed by atoms with Gasteiger partial charge in [0.05, 0.1) is 12.0 Å². The SMILES string of the molecule is CCCC(O)CC1C(=O)Nc2ccccc21. The molecule has 2 N–H and O–H groups in total. The molecule has 1 aliphatic rings. The molecule has 0 spiro atoms. The van der Waals surface area contributed by atoms with E-state index in [0.29, 0.717) is 6.42 Å². The highest BCUT2D eigenvalue weighted by atomic mass is 16.3. The van der Waals surface area contributed by atoms with Gasteiger partial charge in [-0.05, 0) is 24.5 Å². The number of carbonyl (C=O) groups is 1. The van der Waals surface area contributed by atoms with Crippen LogP contribution in [0.5, 0.6) is 0 Å². The Hall–Kier alpha value is -1.35. The molecule has 1 aliphatic heterocycles. The van der Waals surface area contributed by atoms with Crippen molar-refractivity contribution >= 4 is 11.6 Å². The lowest BCUT2D eigenvalue weighted by molar-refractivity contribution is -0.117. The fourth-order valence-electron chi connectivity index (χ4n) is 2.23. The minimum atomic E-state index is -0.382. The van der Waals surface area contributed by atoms with Gasteiger partial charge in [-0.2, -0.15) is 0 Å². The maximum Gasteiger partial charge on any atom is 0.232 e. The first-order valence-corrected chi connectivity index (χ1v) is 5.80. The van der Waals surface area contributed by atoms with Gasteiger partial charge in [0.15, 0.2) is 0 Å². The summed E-state index contributed by atoms with van der Waals surface area (Å²) in [5.41, 5.74) is 1.91. The van der Waals surface area contributed by atoms with Gasteiger partial charge in [0.25, 0.3) is 0 Å². The Balaban J connectivity index is 2.13. The maximum atomic E-state index is 11.7. The lowest BCUT2D eigenvalue weighted by Gasteiger charge is -2.13. The molecule has 1 amide bonds. The van der Waals surface area contributed by atoms with Gasteiger partial charge in [0.2, 0.25) is 5.91 Å². The molecule has 1 heterocycles. The molecule has 0 aromatic heterocycles. The number of hydrogen-bond acceptors (Lipinski definition) is 2. The highest BCUT2D eigenvalue weighted by molar-refractivity contribution is 6.02. The molecule has 86 valence electrons. The molecule has 0 saturated carbocycles. The summed E-state index contributed by atoms with van der Waals surface area (Å²) in [6.07, 6.45) is 1.84. The number of amides is 1. The number of anilines is 1. The lowest BCUT2D eigenvalue weighted by Crippen LogP contribution is -2.18. The number of carbonyl (C=O) groups excluding carboxylic acids is 1. The molecule has 2 atom stereocenters. The van der Waals surface area contributed by atoms with E-state index in [1.807, 2.05) is 31.2 Å². The van der Waals surface area contributed by atoms with Gasteiger partial charge < -0.3 is 10.4 Å². The Morgan fingerprint density at radius 1 is 1.44 bits per heavy atom. The van der Waals surface area contributed by atoms with Crippen LogP contribution in [-0.2, 0) is 4.79 Å². The highest BCUT2D eigenvalue weighted by Gasteiger charge is 2.31. The van der Waals surface area contributed by atoms with Gasteiger partial charge in [-0.15, -0.1) is 0 Å². The molecular weight excluding hydrogens is 202 g/mol. The number of para-hydroxylation sites is 1. The Bertz CT molecular complexity index is 389. The van der Waals surface area contributed by atoms with Crippen molar-refractivity contribution in [1.29, 1.82) is 0 Å². The zero-order valence-corrected chi connectivity index (χ0v) is 9.44. The van der Waals surface area contributed by atoms with E-state index >= 15 is 0 Å². The molecular formula is C13H17NO2. The minimum absolute atomic E-state index is 0.0105. The number of aliphatic hydroxyl groups is 1. The van der Waals surface area contributed by atoms with Crippen LogP contribution in [0.2, 0.25) is 0 Å². The molecule has 0 bridgehead atoms. The molecule has 2 unspecified atom stereocenters. The van der Waals surface area contributed by atoms with Crippen LogP contribution in [0.15, 0.2) is 24.3 Å². The predicted molar refractivity (Wildman–Crippen MR) is 63.3 cm³/mol. The van der Waals surface area contributed by atoms with Crippen molar-refractivity contribution in [2.75, 3.05) is 5.32 Å². The zero-order chi connectivity index (χ0) is 11.5. The molecule has 0 saturated heterocycles. The van der Waals surface area contributed by atoms with Crippen LogP contribution in [-0.4, -0.2) is 17.1 Å². The molecule has 2 rings (SSSR count). The molecule has 1 aromatic carbocycles. The van der Waals surface area contributed by atoms with Crippen LogP contribution in [0.3, 0.4) is 0 Å². The Kier molecular flexibility index (Phi) is 3.25. The summed E-state index contributed by atoms with van der Waals surface area (Å²) in [5.74, 6) is -0.172. The third-order valence-corrected chi connectivity index (χ3v) is 3.04. The standard InChI is InChI=1S/C13H17NO2/c1-2-5-9(15)8-11-10-6-3-4-7-12(10)14-13(11)16/h3-4,6-7,9,11,15H,2,5,8H2,1H3,(H,14,16). The number of benzene rings is 1. The zero-order valence-electron chi connectivity index (χ0n) is 9.44. The average molecular weight is 219 g/mol. The first-order chi connectivity index (χ1) is 7.72. The summed E-state index contributed by atoms with van der Waals surface area (Å²) in [7, 11) is 0. The summed E-state index contributed by atoms with van der Waals surface area (Å²) in [5, 5.41) is 12.6. The number of nitrogens with one attached hydrogen (secondary N) is 1. The second kappa shape index (κ2) is 4.66. The molecule has 3 heteroatoms. The van der Waals surface area contributed by atoms with Crippen LogP contribution in [0, 0.1) is 0 Å². The van der Waals surface area contributed by atoms with Gasteiger partial charge in [-0.25, -0.2) is 0 Å². The monoisotopic (exact) mass is 219 g/mol. The highest BCUT2D eigenvalue weighted by Crippen LogP contribution is 2.35. The van der Waals surface area contributed by atoms with Crippen molar-refractivity contribution in [3.63, 3.8) is 0 Å². The van der Waals surface area contributed by atoms with E-state index in [0.717, 1.165) is 24.1 Å². The first kappa shape index (κ1) is 11.1. The Morgan fingerprint density at radius 2 is 2.19 bits per heavy atom. The third-order valence-electron chi connectivity index (χ3n) is 3.04. The molecule has 16 heavy (non-hydrogen) atoms. The van der Waals surface area contributed by atoms with Gasteiger partial charge in [-0.3, -0.25) is 4.79 Å². The van der Waals surface area contributed by atoms with Gasteiger partial charge in [0.1, 0.15) is 0 Å². The molecule has 0 radical (unpaired) electrons. The van der Waals surface area contributed by atoms with Crippen LogP contribution in [0.25, 0.3) is 0 Å². The number of aliphatic hydroxyl groups excluding tert-OH is 1. The second-order valence-electron chi connectivity index (χ2n) is 4.31. The van der Waals surface area contributed by atoms with Crippen molar-refractivity contribution in [2.24, 2.45) is 0 Å².